The van der Waals surface area contributed by atoms with Crippen LogP contribution in [0.25, 0.3) is 0 Å². The van der Waals surface area contributed by atoms with Crippen LogP contribution in [0, 0.1) is 0 Å². The van der Waals surface area contributed by atoms with Gasteiger partial charge in [0, 0.05) is 44.5 Å². The molecule has 1 aromatic heterocycles. The van der Waals surface area contributed by atoms with Crippen molar-refractivity contribution in [2.45, 2.75) is 62.6 Å². The Balaban J connectivity index is 1.78. The molecule has 0 radical (unpaired) electrons. The summed E-state index contributed by atoms with van der Waals surface area (Å²) in [4.78, 5) is 2.84. The maximum Gasteiger partial charge on any atom is 0.246 e. The van der Waals surface area contributed by atoms with Gasteiger partial charge in [-0.15, -0.1) is 0 Å². The minimum atomic E-state index is -3.42. The molecule has 0 N–H and O–H groups in total. The number of sulfonamides is 1. The second-order valence-corrected chi connectivity index (χ2v) is 8.67. The molecule has 0 aromatic carbocycles. The second kappa shape index (κ2) is 5.94. The van der Waals surface area contributed by atoms with E-state index in [1.807, 2.05) is 0 Å². The number of rotatable bonds is 3. The van der Waals surface area contributed by atoms with Crippen molar-refractivity contribution in [3.63, 3.8) is 0 Å². The van der Waals surface area contributed by atoms with Crippen LogP contribution in [0.5, 0.6) is 0 Å². The molecule has 0 spiro atoms. The van der Waals surface area contributed by atoms with Gasteiger partial charge in [-0.05, 0) is 39.5 Å². The standard InChI is InChI=1S/C15H26N4O2S/c1-12-6-7-13(2)19(12)14-5-4-8-18(10-14)22(20,21)15-9-16-17(3)11-15/h9,11-14H,4-8,10H2,1-3H3. The van der Waals surface area contributed by atoms with Crippen LogP contribution in [0.2, 0.25) is 0 Å². The Kier molecular flexibility index (Phi) is 4.31. The molecule has 3 rings (SSSR count). The van der Waals surface area contributed by atoms with Crippen molar-refractivity contribution in [2.24, 2.45) is 7.05 Å². The summed E-state index contributed by atoms with van der Waals surface area (Å²) in [5.74, 6) is 0. The van der Waals surface area contributed by atoms with Crippen molar-refractivity contribution in [3.05, 3.63) is 12.4 Å². The molecule has 7 heteroatoms. The summed E-state index contributed by atoms with van der Waals surface area (Å²) in [6.45, 7) is 5.74. The van der Waals surface area contributed by atoms with E-state index in [1.54, 1.807) is 22.2 Å². The average molecular weight is 326 g/mol. The van der Waals surface area contributed by atoms with Gasteiger partial charge in [-0.25, -0.2) is 8.42 Å². The van der Waals surface area contributed by atoms with E-state index in [2.05, 4.69) is 23.8 Å². The Labute approximate surface area is 133 Å². The molecule has 3 unspecified atom stereocenters. The molecule has 6 nitrogen and oxygen atoms in total. The molecule has 0 saturated carbocycles. The van der Waals surface area contributed by atoms with Crippen LogP contribution < -0.4 is 0 Å². The summed E-state index contributed by atoms with van der Waals surface area (Å²) in [5.41, 5.74) is 0. The summed E-state index contributed by atoms with van der Waals surface area (Å²) < 4.78 is 28.7. The molecule has 2 fully saturated rings. The molecule has 2 saturated heterocycles. The van der Waals surface area contributed by atoms with Gasteiger partial charge in [0.15, 0.2) is 0 Å². The zero-order chi connectivity index (χ0) is 15.9. The lowest BCUT2D eigenvalue weighted by atomic mass is 10.0. The third-order valence-corrected chi connectivity index (χ3v) is 6.94. The number of piperidine rings is 1. The van der Waals surface area contributed by atoms with Crippen molar-refractivity contribution in [2.75, 3.05) is 13.1 Å². The third kappa shape index (κ3) is 2.81. The summed E-state index contributed by atoms with van der Waals surface area (Å²) in [6.07, 6.45) is 7.48. The predicted molar refractivity (Wildman–Crippen MR) is 85.0 cm³/mol. The van der Waals surface area contributed by atoms with Crippen molar-refractivity contribution in [3.8, 4) is 0 Å². The maximum absolute atomic E-state index is 12.8. The monoisotopic (exact) mass is 326 g/mol. The minimum Gasteiger partial charge on any atom is -0.294 e. The summed E-state index contributed by atoms with van der Waals surface area (Å²) in [5, 5.41) is 4.00. The first kappa shape index (κ1) is 16.0. The van der Waals surface area contributed by atoms with E-state index in [4.69, 9.17) is 0 Å². The van der Waals surface area contributed by atoms with E-state index in [0.29, 0.717) is 36.1 Å². The zero-order valence-corrected chi connectivity index (χ0v) is 14.5. The molecular weight excluding hydrogens is 300 g/mol. The largest absolute Gasteiger partial charge is 0.294 e. The molecule has 3 atom stereocenters. The Bertz CT molecular complexity index is 617. The number of aromatic nitrogens is 2. The first-order valence-corrected chi connectivity index (χ1v) is 9.60. The van der Waals surface area contributed by atoms with Gasteiger partial charge in [0.1, 0.15) is 4.90 Å². The van der Waals surface area contributed by atoms with Crippen molar-refractivity contribution >= 4 is 10.0 Å². The van der Waals surface area contributed by atoms with Crippen LogP contribution in [0.1, 0.15) is 39.5 Å². The van der Waals surface area contributed by atoms with Gasteiger partial charge >= 0.3 is 0 Å². The fourth-order valence-electron chi connectivity index (χ4n) is 4.00. The highest BCUT2D eigenvalue weighted by molar-refractivity contribution is 7.89. The third-order valence-electron chi connectivity index (χ3n) is 5.12. The van der Waals surface area contributed by atoms with Crippen molar-refractivity contribution in [1.82, 2.24) is 19.0 Å². The molecule has 1 aromatic rings. The molecule has 0 aliphatic carbocycles. The number of likely N-dealkylation sites (tertiary alicyclic amines) is 1. The predicted octanol–water partition coefficient (Wildman–Crippen LogP) is 1.45. The first-order chi connectivity index (χ1) is 10.4. The second-order valence-electron chi connectivity index (χ2n) is 6.73. The molecule has 2 aliphatic heterocycles. The van der Waals surface area contributed by atoms with Gasteiger partial charge < -0.3 is 0 Å². The molecule has 3 heterocycles. The quantitative estimate of drug-likeness (QED) is 0.843. The highest BCUT2D eigenvalue weighted by Crippen LogP contribution is 2.31. The SMILES string of the molecule is CC1CCC(C)N1C1CCCN(S(=O)(=O)c2cnn(C)c2)C1. The zero-order valence-electron chi connectivity index (χ0n) is 13.6. The van der Waals surface area contributed by atoms with Crippen LogP contribution in [-0.4, -0.2) is 58.6 Å². The average Bonchev–Trinajstić information content (AvgIpc) is 3.06. The van der Waals surface area contributed by atoms with E-state index >= 15 is 0 Å². The Hall–Kier alpha value is -0.920. The van der Waals surface area contributed by atoms with Gasteiger partial charge in [-0.2, -0.15) is 9.40 Å². The Morgan fingerprint density at radius 1 is 1.18 bits per heavy atom. The van der Waals surface area contributed by atoms with E-state index in [0.717, 1.165) is 12.8 Å². The van der Waals surface area contributed by atoms with Gasteiger partial charge in [0.2, 0.25) is 10.0 Å². The van der Waals surface area contributed by atoms with Crippen LogP contribution in [0.3, 0.4) is 0 Å². The minimum absolute atomic E-state index is 0.304. The van der Waals surface area contributed by atoms with Crippen LogP contribution in [-0.2, 0) is 17.1 Å². The molecule has 2 aliphatic rings. The molecular formula is C15H26N4O2S. The van der Waals surface area contributed by atoms with Gasteiger partial charge in [-0.1, -0.05) is 0 Å². The van der Waals surface area contributed by atoms with Crippen LogP contribution in [0.15, 0.2) is 17.3 Å². The van der Waals surface area contributed by atoms with Gasteiger partial charge in [0.05, 0.1) is 6.20 Å². The van der Waals surface area contributed by atoms with E-state index in [9.17, 15) is 8.42 Å². The topological polar surface area (TPSA) is 58.4 Å². The lowest BCUT2D eigenvalue weighted by molar-refractivity contribution is 0.0979. The van der Waals surface area contributed by atoms with Crippen molar-refractivity contribution in [1.29, 1.82) is 0 Å². The smallest absolute Gasteiger partial charge is 0.246 e. The fourth-order valence-corrected chi connectivity index (χ4v) is 5.50. The van der Waals surface area contributed by atoms with E-state index in [-0.39, 0.29) is 0 Å². The summed E-state index contributed by atoms with van der Waals surface area (Å²) in [7, 11) is -1.67. The van der Waals surface area contributed by atoms with Crippen LogP contribution >= 0.6 is 0 Å². The molecule has 22 heavy (non-hydrogen) atoms. The van der Waals surface area contributed by atoms with Gasteiger partial charge in [-0.3, -0.25) is 9.58 Å². The lowest BCUT2D eigenvalue weighted by Crippen LogP contribution is -2.52. The summed E-state index contributed by atoms with van der Waals surface area (Å²) in [6, 6.07) is 1.45. The lowest BCUT2D eigenvalue weighted by Gasteiger charge is -2.40. The fraction of sp³-hybridized carbons (Fsp3) is 0.800. The van der Waals surface area contributed by atoms with Gasteiger partial charge in [0.25, 0.3) is 0 Å². The van der Waals surface area contributed by atoms with Crippen LogP contribution in [0.4, 0.5) is 0 Å². The van der Waals surface area contributed by atoms with E-state index in [1.165, 1.54) is 19.0 Å². The molecule has 124 valence electrons. The molecule has 0 bridgehead atoms. The normalized spacial score (nSPS) is 31.7. The number of aryl methyl sites for hydroxylation is 1. The molecule has 0 amide bonds. The Morgan fingerprint density at radius 2 is 1.86 bits per heavy atom. The Morgan fingerprint density at radius 3 is 2.45 bits per heavy atom. The highest BCUT2D eigenvalue weighted by Gasteiger charge is 2.38. The van der Waals surface area contributed by atoms with Crippen molar-refractivity contribution < 1.29 is 8.42 Å². The maximum atomic E-state index is 12.8. The van der Waals surface area contributed by atoms with E-state index < -0.39 is 10.0 Å². The summed E-state index contributed by atoms with van der Waals surface area (Å²) >= 11 is 0. The number of hydrogen-bond donors (Lipinski definition) is 0. The highest BCUT2D eigenvalue weighted by atomic mass is 32.2. The first-order valence-electron chi connectivity index (χ1n) is 8.16. The number of hydrogen-bond acceptors (Lipinski definition) is 4. The number of nitrogens with zero attached hydrogens (tertiary/aromatic N) is 4.